The van der Waals surface area contributed by atoms with Gasteiger partial charge in [0.25, 0.3) is 0 Å². The summed E-state index contributed by atoms with van der Waals surface area (Å²) in [6, 6.07) is 0.931. The molecule has 0 bridgehead atoms. The van der Waals surface area contributed by atoms with Crippen molar-refractivity contribution in [3.8, 4) is 0 Å². The molecular weight excluding hydrogens is 244 g/mol. The molecule has 2 atom stereocenters. The Morgan fingerprint density at radius 2 is 2.17 bits per heavy atom. The van der Waals surface area contributed by atoms with E-state index in [9.17, 15) is 0 Å². The highest BCUT2D eigenvalue weighted by atomic mass is 32.1. The van der Waals surface area contributed by atoms with Crippen LogP contribution in [-0.2, 0) is 4.74 Å². The summed E-state index contributed by atoms with van der Waals surface area (Å²) in [5.74, 6) is 0. The average Bonchev–Trinajstić information content (AvgIpc) is 2.56. The zero-order valence-electron chi connectivity index (χ0n) is 12.0. The minimum Gasteiger partial charge on any atom is -0.375 e. The van der Waals surface area contributed by atoms with Gasteiger partial charge in [0, 0.05) is 23.6 Å². The molecule has 2 rings (SSSR count). The molecule has 18 heavy (non-hydrogen) atoms. The molecular formula is C14H24N2OS. The summed E-state index contributed by atoms with van der Waals surface area (Å²) in [5, 5.41) is 4.89. The van der Waals surface area contributed by atoms with Gasteiger partial charge in [-0.15, -0.1) is 11.3 Å². The van der Waals surface area contributed by atoms with Gasteiger partial charge in [-0.3, -0.25) is 0 Å². The number of aryl methyl sites for hydroxylation is 2. The standard InChI is InChI=1S/C14H24N2OS/c1-9-13(18-11(3)15-9)10(2)16-12-6-7-17-14(4,5)8-12/h10,12,16H,6-8H2,1-5H3. The van der Waals surface area contributed by atoms with Gasteiger partial charge in [0.05, 0.1) is 16.3 Å². The monoisotopic (exact) mass is 268 g/mol. The second-order valence-corrected chi connectivity index (χ2v) is 7.10. The molecule has 1 aromatic heterocycles. The lowest BCUT2D eigenvalue weighted by Crippen LogP contribution is -2.44. The average molecular weight is 268 g/mol. The number of thiazole rings is 1. The van der Waals surface area contributed by atoms with Crippen molar-refractivity contribution in [1.82, 2.24) is 10.3 Å². The number of nitrogens with zero attached hydrogens (tertiary/aromatic N) is 1. The molecule has 1 saturated heterocycles. The molecule has 0 radical (unpaired) electrons. The lowest BCUT2D eigenvalue weighted by atomic mass is 9.93. The molecule has 1 aromatic rings. The second-order valence-electron chi connectivity index (χ2n) is 5.87. The quantitative estimate of drug-likeness (QED) is 0.912. The van der Waals surface area contributed by atoms with Gasteiger partial charge in [0.15, 0.2) is 0 Å². The molecule has 2 heterocycles. The van der Waals surface area contributed by atoms with E-state index in [0.29, 0.717) is 12.1 Å². The summed E-state index contributed by atoms with van der Waals surface area (Å²) in [6.45, 7) is 11.6. The minimum atomic E-state index is 0.00823. The summed E-state index contributed by atoms with van der Waals surface area (Å²) < 4.78 is 5.76. The van der Waals surface area contributed by atoms with Crippen LogP contribution in [0.2, 0.25) is 0 Å². The van der Waals surface area contributed by atoms with Crippen molar-refractivity contribution in [2.45, 2.75) is 65.1 Å². The highest BCUT2D eigenvalue weighted by molar-refractivity contribution is 7.11. The third-order valence-corrected chi connectivity index (χ3v) is 4.77. The van der Waals surface area contributed by atoms with Crippen LogP contribution >= 0.6 is 11.3 Å². The number of hydrogen-bond donors (Lipinski definition) is 1. The summed E-state index contributed by atoms with van der Waals surface area (Å²) in [7, 11) is 0. The molecule has 2 unspecified atom stereocenters. The van der Waals surface area contributed by atoms with Crippen LogP contribution in [0.25, 0.3) is 0 Å². The van der Waals surface area contributed by atoms with Gasteiger partial charge in [-0.2, -0.15) is 0 Å². The van der Waals surface area contributed by atoms with E-state index < -0.39 is 0 Å². The maximum Gasteiger partial charge on any atom is 0.0900 e. The number of aromatic nitrogens is 1. The molecule has 0 spiro atoms. The Bertz CT molecular complexity index is 414. The van der Waals surface area contributed by atoms with E-state index >= 15 is 0 Å². The molecule has 4 heteroatoms. The van der Waals surface area contributed by atoms with Crippen LogP contribution in [0.15, 0.2) is 0 Å². The second kappa shape index (κ2) is 5.27. The Hall–Kier alpha value is -0.450. The van der Waals surface area contributed by atoms with E-state index in [2.05, 4.69) is 44.9 Å². The first-order valence-electron chi connectivity index (χ1n) is 6.71. The molecule has 102 valence electrons. The summed E-state index contributed by atoms with van der Waals surface area (Å²) in [6.07, 6.45) is 2.18. The lowest BCUT2D eigenvalue weighted by molar-refractivity contribution is -0.0639. The number of nitrogens with one attached hydrogen (secondary N) is 1. The van der Waals surface area contributed by atoms with Crippen LogP contribution in [-0.4, -0.2) is 23.2 Å². The maximum atomic E-state index is 5.76. The fourth-order valence-electron chi connectivity index (χ4n) is 2.75. The van der Waals surface area contributed by atoms with E-state index in [0.717, 1.165) is 24.5 Å². The zero-order valence-corrected chi connectivity index (χ0v) is 12.9. The van der Waals surface area contributed by atoms with Gasteiger partial charge in [0.2, 0.25) is 0 Å². The molecule has 0 aromatic carbocycles. The SMILES string of the molecule is Cc1nc(C)c(C(C)NC2CCOC(C)(C)C2)s1. The third-order valence-electron chi connectivity index (χ3n) is 3.52. The predicted molar refractivity (Wildman–Crippen MR) is 76.2 cm³/mol. The van der Waals surface area contributed by atoms with Gasteiger partial charge in [-0.25, -0.2) is 4.98 Å². The Morgan fingerprint density at radius 1 is 1.44 bits per heavy atom. The Labute approximate surface area is 114 Å². The first kappa shape index (κ1) is 14.0. The number of ether oxygens (including phenoxy) is 1. The molecule has 0 amide bonds. The van der Waals surface area contributed by atoms with Crippen molar-refractivity contribution in [2.75, 3.05) is 6.61 Å². The van der Waals surface area contributed by atoms with Crippen molar-refractivity contribution < 1.29 is 4.74 Å². The molecule has 1 fully saturated rings. The van der Waals surface area contributed by atoms with Crippen molar-refractivity contribution in [2.24, 2.45) is 0 Å². The van der Waals surface area contributed by atoms with E-state index in [1.165, 1.54) is 10.6 Å². The molecule has 1 aliphatic heterocycles. The molecule has 1 N–H and O–H groups in total. The highest BCUT2D eigenvalue weighted by Crippen LogP contribution is 2.28. The predicted octanol–water partition coefficient (Wildman–Crippen LogP) is 3.37. The lowest BCUT2D eigenvalue weighted by Gasteiger charge is -2.37. The summed E-state index contributed by atoms with van der Waals surface area (Å²) >= 11 is 1.81. The van der Waals surface area contributed by atoms with Crippen LogP contribution in [0.3, 0.4) is 0 Å². The van der Waals surface area contributed by atoms with Crippen LogP contribution in [0.5, 0.6) is 0 Å². The minimum absolute atomic E-state index is 0.00823. The molecule has 0 aliphatic carbocycles. The number of rotatable bonds is 3. The first-order chi connectivity index (χ1) is 8.37. The zero-order chi connectivity index (χ0) is 13.3. The Kier molecular flexibility index (Phi) is 4.09. The smallest absolute Gasteiger partial charge is 0.0900 e. The third kappa shape index (κ3) is 3.31. The van der Waals surface area contributed by atoms with Gasteiger partial charge in [-0.05, 0) is 47.5 Å². The van der Waals surface area contributed by atoms with Crippen molar-refractivity contribution in [3.05, 3.63) is 15.6 Å². The summed E-state index contributed by atoms with van der Waals surface area (Å²) in [5.41, 5.74) is 1.18. The molecule has 3 nitrogen and oxygen atoms in total. The van der Waals surface area contributed by atoms with Crippen LogP contribution in [0, 0.1) is 13.8 Å². The van der Waals surface area contributed by atoms with Crippen LogP contribution in [0.1, 0.15) is 55.2 Å². The van der Waals surface area contributed by atoms with Gasteiger partial charge in [0.1, 0.15) is 0 Å². The van der Waals surface area contributed by atoms with Crippen molar-refractivity contribution in [3.63, 3.8) is 0 Å². The first-order valence-corrected chi connectivity index (χ1v) is 7.53. The van der Waals surface area contributed by atoms with E-state index in [-0.39, 0.29) is 5.60 Å². The van der Waals surface area contributed by atoms with Gasteiger partial charge < -0.3 is 10.1 Å². The summed E-state index contributed by atoms with van der Waals surface area (Å²) in [4.78, 5) is 5.88. The van der Waals surface area contributed by atoms with Crippen molar-refractivity contribution >= 4 is 11.3 Å². The normalized spacial score (nSPS) is 25.1. The van der Waals surface area contributed by atoms with E-state index in [1.54, 1.807) is 11.3 Å². The van der Waals surface area contributed by atoms with E-state index in [1.807, 2.05) is 0 Å². The van der Waals surface area contributed by atoms with Gasteiger partial charge in [-0.1, -0.05) is 0 Å². The van der Waals surface area contributed by atoms with E-state index in [4.69, 9.17) is 4.74 Å². The van der Waals surface area contributed by atoms with Crippen molar-refractivity contribution in [1.29, 1.82) is 0 Å². The number of hydrogen-bond acceptors (Lipinski definition) is 4. The highest BCUT2D eigenvalue weighted by Gasteiger charge is 2.29. The molecule has 0 saturated carbocycles. The Balaban J connectivity index is 1.99. The van der Waals surface area contributed by atoms with Gasteiger partial charge >= 0.3 is 0 Å². The maximum absolute atomic E-state index is 5.76. The topological polar surface area (TPSA) is 34.2 Å². The Morgan fingerprint density at radius 3 is 2.72 bits per heavy atom. The fraction of sp³-hybridized carbons (Fsp3) is 0.786. The largest absolute Gasteiger partial charge is 0.375 e. The molecule has 1 aliphatic rings. The van der Waals surface area contributed by atoms with Crippen LogP contribution in [0.4, 0.5) is 0 Å². The van der Waals surface area contributed by atoms with Crippen LogP contribution < -0.4 is 5.32 Å². The fourth-order valence-corrected chi connectivity index (χ4v) is 3.69.